The first-order valence-electron chi connectivity index (χ1n) is 10.1. The minimum Gasteiger partial charge on any atom is -0.361 e. The van der Waals surface area contributed by atoms with E-state index in [0.29, 0.717) is 18.1 Å². The number of hydrogen-bond acceptors (Lipinski definition) is 2. The van der Waals surface area contributed by atoms with Gasteiger partial charge >= 0.3 is 0 Å². The van der Waals surface area contributed by atoms with E-state index in [9.17, 15) is 4.21 Å². The van der Waals surface area contributed by atoms with Crippen molar-refractivity contribution in [3.05, 3.63) is 71.4 Å². The van der Waals surface area contributed by atoms with Crippen molar-refractivity contribution in [2.75, 3.05) is 25.9 Å². The molecule has 5 nitrogen and oxygen atoms in total. The van der Waals surface area contributed by atoms with Crippen LogP contribution >= 0.6 is 0 Å². The number of aryl methyl sites for hydroxylation is 1. The molecule has 0 saturated carbocycles. The fraction of sp³-hybridized carbons (Fsp3) is 0.348. The maximum Gasteiger partial charge on any atom is 0.191 e. The quantitative estimate of drug-likeness (QED) is 0.374. The van der Waals surface area contributed by atoms with Crippen molar-refractivity contribution in [2.24, 2.45) is 4.99 Å². The SMILES string of the molecule is CCc1cccc2c(CCNC(=NC)NCCS(=O)Cc3ccccc3)c[nH]c12. The third-order valence-corrected chi connectivity index (χ3v) is 6.29. The van der Waals surface area contributed by atoms with Crippen LogP contribution in [0.4, 0.5) is 0 Å². The van der Waals surface area contributed by atoms with Crippen LogP contribution in [0.15, 0.2) is 59.7 Å². The Morgan fingerprint density at radius 2 is 1.83 bits per heavy atom. The summed E-state index contributed by atoms with van der Waals surface area (Å²) in [4.78, 5) is 7.68. The second-order valence-corrected chi connectivity index (χ2v) is 8.53. The smallest absolute Gasteiger partial charge is 0.191 e. The summed E-state index contributed by atoms with van der Waals surface area (Å²) in [6.07, 6.45) is 4.04. The molecule has 0 radical (unpaired) electrons. The first-order chi connectivity index (χ1) is 14.2. The van der Waals surface area contributed by atoms with Crippen molar-refractivity contribution in [1.82, 2.24) is 15.6 Å². The molecule has 6 heteroatoms. The zero-order chi connectivity index (χ0) is 20.5. The highest BCUT2D eigenvalue weighted by Gasteiger charge is 2.07. The summed E-state index contributed by atoms with van der Waals surface area (Å²) in [5, 5.41) is 7.91. The average Bonchev–Trinajstić information content (AvgIpc) is 3.16. The Bertz CT molecular complexity index is 965. The molecule has 0 saturated heterocycles. The molecular weight excluding hydrogens is 380 g/mol. The minimum atomic E-state index is -0.888. The fourth-order valence-corrected chi connectivity index (χ4v) is 4.47. The van der Waals surface area contributed by atoms with Crippen LogP contribution in [0.2, 0.25) is 0 Å². The summed E-state index contributed by atoms with van der Waals surface area (Å²) in [6.45, 7) is 3.60. The summed E-state index contributed by atoms with van der Waals surface area (Å²) < 4.78 is 12.2. The van der Waals surface area contributed by atoms with Gasteiger partial charge in [0.15, 0.2) is 5.96 Å². The third-order valence-electron chi connectivity index (χ3n) is 4.97. The van der Waals surface area contributed by atoms with Crippen LogP contribution in [0, 0.1) is 0 Å². The van der Waals surface area contributed by atoms with Gasteiger partial charge in [0.2, 0.25) is 0 Å². The normalized spacial score (nSPS) is 12.8. The monoisotopic (exact) mass is 410 g/mol. The van der Waals surface area contributed by atoms with Crippen LogP contribution in [-0.2, 0) is 29.4 Å². The Balaban J connectivity index is 1.42. The number of hydrogen-bond donors (Lipinski definition) is 3. The Morgan fingerprint density at radius 3 is 2.59 bits per heavy atom. The molecule has 3 aromatic rings. The molecule has 3 rings (SSSR count). The maximum atomic E-state index is 12.2. The second kappa shape index (κ2) is 10.8. The van der Waals surface area contributed by atoms with Gasteiger partial charge in [-0.25, -0.2) is 0 Å². The van der Waals surface area contributed by atoms with Crippen molar-refractivity contribution in [3.63, 3.8) is 0 Å². The molecule has 0 aliphatic heterocycles. The van der Waals surface area contributed by atoms with E-state index in [2.05, 4.69) is 51.9 Å². The molecule has 0 aliphatic carbocycles. The third kappa shape index (κ3) is 5.94. The molecule has 1 unspecified atom stereocenters. The molecule has 0 amide bonds. The molecule has 2 aromatic carbocycles. The zero-order valence-corrected chi connectivity index (χ0v) is 18.0. The largest absolute Gasteiger partial charge is 0.361 e. The predicted molar refractivity (Wildman–Crippen MR) is 124 cm³/mol. The molecule has 0 spiro atoms. The van der Waals surface area contributed by atoms with Gasteiger partial charge in [0.1, 0.15) is 0 Å². The number of nitrogens with zero attached hydrogens (tertiary/aromatic N) is 1. The Kier molecular flexibility index (Phi) is 7.87. The number of nitrogens with one attached hydrogen (secondary N) is 3. The van der Waals surface area contributed by atoms with Gasteiger partial charge in [0, 0.05) is 59.5 Å². The molecule has 154 valence electrons. The van der Waals surface area contributed by atoms with Gasteiger partial charge in [-0.2, -0.15) is 0 Å². The van der Waals surface area contributed by atoms with Gasteiger partial charge in [-0.3, -0.25) is 9.20 Å². The summed E-state index contributed by atoms with van der Waals surface area (Å²) in [6, 6.07) is 16.4. The van der Waals surface area contributed by atoms with Gasteiger partial charge in [0.05, 0.1) is 0 Å². The van der Waals surface area contributed by atoms with Gasteiger partial charge in [0.25, 0.3) is 0 Å². The van der Waals surface area contributed by atoms with Crippen LogP contribution in [0.5, 0.6) is 0 Å². The van der Waals surface area contributed by atoms with E-state index in [1.54, 1.807) is 7.05 Å². The molecule has 0 aliphatic rings. The van der Waals surface area contributed by atoms with E-state index >= 15 is 0 Å². The molecule has 0 bridgehead atoms. The molecule has 0 fully saturated rings. The molecular formula is C23H30N4OS. The van der Waals surface area contributed by atoms with E-state index in [1.165, 1.54) is 22.0 Å². The Labute approximate surface area is 175 Å². The zero-order valence-electron chi connectivity index (χ0n) is 17.2. The van der Waals surface area contributed by atoms with Gasteiger partial charge in [-0.15, -0.1) is 0 Å². The lowest BCUT2D eigenvalue weighted by molar-refractivity contribution is 0.680. The van der Waals surface area contributed by atoms with E-state index < -0.39 is 10.8 Å². The van der Waals surface area contributed by atoms with Crippen LogP contribution in [-0.4, -0.2) is 41.0 Å². The van der Waals surface area contributed by atoms with E-state index in [4.69, 9.17) is 0 Å². The molecule has 1 heterocycles. The summed E-state index contributed by atoms with van der Waals surface area (Å²) in [5.74, 6) is 1.93. The highest BCUT2D eigenvalue weighted by Crippen LogP contribution is 2.22. The number of aromatic amines is 1. The van der Waals surface area contributed by atoms with Crippen LogP contribution in [0.3, 0.4) is 0 Å². The number of aromatic nitrogens is 1. The number of guanidine groups is 1. The van der Waals surface area contributed by atoms with Crippen molar-refractivity contribution in [2.45, 2.75) is 25.5 Å². The van der Waals surface area contributed by atoms with E-state index in [1.807, 2.05) is 30.3 Å². The topological polar surface area (TPSA) is 69.3 Å². The average molecular weight is 411 g/mol. The minimum absolute atomic E-state index is 0.592. The fourth-order valence-electron chi connectivity index (χ4n) is 3.43. The van der Waals surface area contributed by atoms with E-state index in [-0.39, 0.29) is 0 Å². The molecule has 29 heavy (non-hydrogen) atoms. The number of rotatable bonds is 9. The second-order valence-electron chi connectivity index (χ2n) is 6.96. The highest BCUT2D eigenvalue weighted by atomic mass is 32.2. The van der Waals surface area contributed by atoms with Crippen LogP contribution < -0.4 is 10.6 Å². The van der Waals surface area contributed by atoms with Crippen molar-refractivity contribution < 1.29 is 4.21 Å². The molecule has 1 atom stereocenters. The lowest BCUT2D eigenvalue weighted by Gasteiger charge is -2.11. The molecule has 3 N–H and O–H groups in total. The Hall–Kier alpha value is -2.60. The molecule has 1 aromatic heterocycles. The van der Waals surface area contributed by atoms with Crippen LogP contribution in [0.25, 0.3) is 10.9 Å². The maximum absolute atomic E-state index is 12.2. The standard InChI is InChI=1S/C23H30N4OS/c1-3-19-10-7-11-21-20(16-27-22(19)21)12-13-25-23(24-2)26-14-15-29(28)17-18-8-5-4-6-9-18/h4-11,16,27H,3,12-15,17H2,1-2H3,(H2,24,25,26). The van der Waals surface area contributed by atoms with Crippen LogP contribution in [0.1, 0.15) is 23.6 Å². The number of H-pyrrole nitrogens is 1. The number of aliphatic imine (C=N–C) groups is 1. The van der Waals surface area contributed by atoms with Gasteiger partial charge < -0.3 is 15.6 Å². The predicted octanol–water partition coefficient (Wildman–Crippen LogP) is 3.39. The Morgan fingerprint density at radius 1 is 1.03 bits per heavy atom. The van der Waals surface area contributed by atoms with Crippen molar-refractivity contribution in [3.8, 4) is 0 Å². The van der Waals surface area contributed by atoms with Gasteiger partial charge in [-0.1, -0.05) is 55.5 Å². The number of para-hydroxylation sites is 1. The summed E-state index contributed by atoms with van der Waals surface area (Å²) >= 11 is 0. The number of benzene rings is 2. The lowest BCUT2D eigenvalue weighted by Crippen LogP contribution is -2.40. The first-order valence-corrected chi connectivity index (χ1v) is 11.6. The lowest BCUT2D eigenvalue weighted by atomic mass is 10.1. The number of fused-ring (bicyclic) bond motifs is 1. The first kappa shape index (κ1) is 21.1. The van der Waals surface area contributed by atoms with Crippen molar-refractivity contribution >= 4 is 27.7 Å². The van der Waals surface area contributed by atoms with Gasteiger partial charge in [-0.05, 0) is 29.5 Å². The van der Waals surface area contributed by atoms with E-state index in [0.717, 1.165) is 30.9 Å². The highest BCUT2D eigenvalue weighted by molar-refractivity contribution is 7.84. The summed E-state index contributed by atoms with van der Waals surface area (Å²) in [5.41, 5.74) is 5.01. The van der Waals surface area contributed by atoms with Crippen molar-refractivity contribution in [1.29, 1.82) is 0 Å². The summed E-state index contributed by atoms with van der Waals surface area (Å²) in [7, 11) is 0.872.